The first kappa shape index (κ1) is 18.1. The van der Waals surface area contributed by atoms with Crippen LogP contribution in [0.5, 0.6) is 0 Å². The second-order valence-electron chi connectivity index (χ2n) is 5.95. The number of rotatable bonds is 5. The van der Waals surface area contributed by atoms with E-state index in [1.54, 1.807) is 48.5 Å². The van der Waals surface area contributed by atoms with Crippen LogP contribution in [0.4, 0.5) is 11.4 Å². The standard InChI is InChI=1S/C19H17ClN2O4/c20-10-9-12-5-4-8-14-15(12)16(24)19(11-23,18(26)22-14)17(25)21-13-6-2-1-3-7-13/h1-8,23H,9-11H2,(H,21,25)(H,22,26). The van der Waals surface area contributed by atoms with E-state index in [-0.39, 0.29) is 11.4 Å². The van der Waals surface area contributed by atoms with Crippen LogP contribution in [0.25, 0.3) is 0 Å². The zero-order valence-corrected chi connectivity index (χ0v) is 14.5. The lowest BCUT2D eigenvalue weighted by molar-refractivity contribution is -0.136. The van der Waals surface area contributed by atoms with E-state index in [0.717, 1.165) is 0 Å². The van der Waals surface area contributed by atoms with E-state index in [1.807, 2.05) is 0 Å². The summed E-state index contributed by atoms with van der Waals surface area (Å²) in [7, 11) is 0. The molecule has 0 aliphatic carbocycles. The van der Waals surface area contributed by atoms with E-state index in [0.29, 0.717) is 23.4 Å². The molecule has 0 fully saturated rings. The quantitative estimate of drug-likeness (QED) is 0.554. The number of fused-ring (bicyclic) bond motifs is 1. The number of amides is 2. The van der Waals surface area contributed by atoms with E-state index in [1.165, 1.54) is 0 Å². The van der Waals surface area contributed by atoms with Gasteiger partial charge in [-0.05, 0) is 30.2 Å². The van der Waals surface area contributed by atoms with E-state index in [9.17, 15) is 19.5 Å². The highest BCUT2D eigenvalue weighted by Gasteiger charge is 2.56. The SMILES string of the molecule is O=C(Nc1ccccc1)C1(CO)C(=O)Nc2cccc(CCCl)c2C1=O. The number of benzene rings is 2. The molecule has 1 aliphatic rings. The van der Waals surface area contributed by atoms with Crippen LogP contribution in [0.1, 0.15) is 15.9 Å². The molecule has 1 heterocycles. The van der Waals surface area contributed by atoms with Gasteiger partial charge in [0.15, 0.2) is 5.78 Å². The van der Waals surface area contributed by atoms with E-state index < -0.39 is 29.6 Å². The van der Waals surface area contributed by atoms with Crippen molar-refractivity contribution in [1.82, 2.24) is 0 Å². The summed E-state index contributed by atoms with van der Waals surface area (Å²) in [5, 5.41) is 15.0. The Labute approximate surface area is 155 Å². The predicted octanol–water partition coefficient (Wildman–Crippen LogP) is 2.22. The molecule has 6 nitrogen and oxygen atoms in total. The summed E-state index contributed by atoms with van der Waals surface area (Å²) in [6.07, 6.45) is 0.397. The molecule has 0 saturated carbocycles. The number of Topliss-reactive ketones (excluding diaryl/α,β-unsaturated/α-hetero) is 1. The molecule has 0 aromatic heterocycles. The maximum Gasteiger partial charge on any atom is 0.250 e. The molecule has 2 aromatic rings. The summed E-state index contributed by atoms with van der Waals surface area (Å²) in [6.45, 7) is -0.940. The van der Waals surface area contributed by atoms with Gasteiger partial charge in [-0.2, -0.15) is 0 Å². The lowest BCUT2D eigenvalue weighted by Crippen LogP contribution is -2.57. The zero-order valence-electron chi connectivity index (χ0n) is 13.8. The molecule has 3 rings (SSSR count). The number of aliphatic hydroxyl groups is 1. The van der Waals surface area contributed by atoms with Gasteiger partial charge >= 0.3 is 0 Å². The summed E-state index contributed by atoms with van der Waals surface area (Å²) < 4.78 is 0. The maximum atomic E-state index is 13.2. The fourth-order valence-corrected chi connectivity index (χ4v) is 3.21. The zero-order chi connectivity index (χ0) is 18.7. The largest absolute Gasteiger partial charge is 0.394 e. The molecule has 26 heavy (non-hydrogen) atoms. The van der Waals surface area contributed by atoms with Crippen molar-refractivity contribution >= 4 is 40.6 Å². The Hall–Kier alpha value is -2.70. The highest BCUT2D eigenvalue weighted by atomic mass is 35.5. The van der Waals surface area contributed by atoms with Crippen molar-refractivity contribution in [2.75, 3.05) is 23.1 Å². The molecule has 0 saturated heterocycles. The minimum atomic E-state index is -2.24. The number of carbonyl (C=O) groups is 3. The Morgan fingerprint density at radius 1 is 1.12 bits per heavy atom. The van der Waals surface area contributed by atoms with Crippen molar-refractivity contribution in [1.29, 1.82) is 0 Å². The average molecular weight is 373 g/mol. The van der Waals surface area contributed by atoms with Crippen LogP contribution in [-0.4, -0.2) is 35.2 Å². The van der Waals surface area contributed by atoms with Gasteiger partial charge < -0.3 is 15.7 Å². The summed E-state index contributed by atoms with van der Waals surface area (Å²) >= 11 is 5.80. The number of hydrogen-bond acceptors (Lipinski definition) is 4. The first-order chi connectivity index (χ1) is 12.5. The fraction of sp³-hybridized carbons (Fsp3) is 0.211. The number of hydrogen-bond donors (Lipinski definition) is 3. The average Bonchev–Trinajstić information content (AvgIpc) is 2.63. The number of ketones is 1. The van der Waals surface area contributed by atoms with Gasteiger partial charge in [-0.1, -0.05) is 30.3 Å². The molecule has 0 bridgehead atoms. The number of anilines is 2. The second-order valence-corrected chi connectivity index (χ2v) is 6.32. The van der Waals surface area contributed by atoms with Gasteiger partial charge in [0.05, 0.1) is 12.3 Å². The fourth-order valence-electron chi connectivity index (χ4n) is 3.01. The van der Waals surface area contributed by atoms with Crippen LogP contribution >= 0.6 is 11.6 Å². The summed E-state index contributed by atoms with van der Waals surface area (Å²) in [5.41, 5.74) is -0.673. The minimum absolute atomic E-state index is 0.213. The van der Waals surface area contributed by atoms with E-state index in [4.69, 9.17) is 11.6 Å². The third-order valence-corrected chi connectivity index (χ3v) is 4.61. The highest BCUT2D eigenvalue weighted by Crippen LogP contribution is 2.37. The molecule has 1 unspecified atom stereocenters. The van der Waals surface area contributed by atoms with Crippen LogP contribution in [0, 0.1) is 5.41 Å². The van der Waals surface area contributed by atoms with Crippen molar-refractivity contribution in [2.45, 2.75) is 6.42 Å². The molecular formula is C19H17ClN2O4. The Kier molecular flexibility index (Phi) is 5.06. The number of alkyl halides is 1. The van der Waals surface area contributed by atoms with E-state index in [2.05, 4.69) is 10.6 Å². The number of carbonyl (C=O) groups excluding carboxylic acids is 3. The van der Waals surface area contributed by atoms with Gasteiger partial charge in [0.2, 0.25) is 5.41 Å². The van der Waals surface area contributed by atoms with E-state index >= 15 is 0 Å². The molecular weight excluding hydrogens is 356 g/mol. The van der Waals surface area contributed by atoms with Crippen molar-refractivity contribution in [3.8, 4) is 0 Å². The van der Waals surface area contributed by atoms with Crippen LogP contribution in [0.2, 0.25) is 0 Å². The smallest absolute Gasteiger partial charge is 0.250 e. The van der Waals surface area contributed by atoms with Crippen LogP contribution in [-0.2, 0) is 16.0 Å². The number of aryl methyl sites for hydroxylation is 1. The third kappa shape index (κ3) is 2.87. The summed E-state index contributed by atoms with van der Waals surface area (Å²) in [5.74, 6) is -2.18. The lowest BCUT2D eigenvalue weighted by atomic mass is 9.74. The molecule has 2 aromatic carbocycles. The highest BCUT2D eigenvalue weighted by molar-refractivity contribution is 6.36. The number of para-hydroxylation sites is 1. The van der Waals surface area contributed by atoms with Gasteiger partial charge in [0, 0.05) is 17.1 Å². The van der Waals surface area contributed by atoms with Crippen LogP contribution in [0.3, 0.4) is 0 Å². The first-order valence-corrected chi connectivity index (χ1v) is 8.59. The molecule has 2 amide bonds. The molecule has 1 aliphatic heterocycles. The Balaban J connectivity index is 2.06. The van der Waals surface area contributed by atoms with Crippen molar-refractivity contribution < 1.29 is 19.5 Å². The molecule has 134 valence electrons. The van der Waals surface area contributed by atoms with Crippen molar-refractivity contribution in [3.63, 3.8) is 0 Å². The normalized spacial score (nSPS) is 18.8. The summed E-state index contributed by atoms with van der Waals surface area (Å²) in [6, 6.07) is 13.4. The van der Waals surface area contributed by atoms with Gasteiger partial charge in [-0.3, -0.25) is 14.4 Å². The Morgan fingerprint density at radius 3 is 2.50 bits per heavy atom. The number of nitrogens with one attached hydrogen (secondary N) is 2. The van der Waals surface area contributed by atoms with Crippen molar-refractivity contribution in [2.24, 2.45) is 5.41 Å². The summed E-state index contributed by atoms with van der Waals surface area (Å²) in [4.78, 5) is 38.7. The monoisotopic (exact) mass is 372 g/mol. The minimum Gasteiger partial charge on any atom is -0.394 e. The number of halogens is 1. The van der Waals surface area contributed by atoms with Gasteiger partial charge in [-0.25, -0.2) is 0 Å². The van der Waals surface area contributed by atoms with Gasteiger partial charge in [-0.15, -0.1) is 11.6 Å². The topological polar surface area (TPSA) is 95.5 Å². The third-order valence-electron chi connectivity index (χ3n) is 4.42. The van der Waals surface area contributed by atoms with Gasteiger partial charge in [0.1, 0.15) is 0 Å². The first-order valence-electron chi connectivity index (χ1n) is 8.06. The van der Waals surface area contributed by atoms with Crippen molar-refractivity contribution in [3.05, 3.63) is 59.7 Å². The Morgan fingerprint density at radius 2 is 1.85 bits per heavy atom. The van der Waals surface area contributed by atoms with Crippen LogP contribution in [0.15, 0.2) is 48.5 Å². The molecule has 1 atom stereocenters. The molecule has 0 radical (unpaired) electrons. The second kappa shape index (κ2) is 7.27. The molecule has 7 heteroatoms. The Bertz CT molecular complexity index is 869. The lowest BCUT2D eigenvalue weighted by Gasteiger charge is -2.33. The molecule has 0 spiro atoms. The number of aliphatic hydroxyl groups excluding tert-OH is 1. The van der Waals surface area contributed by atoms with Gasteiger partial charge in [0.25, 0.3) is 11.8 Å². The predicted molar refractivity (Wildman–Crippen MR) is 98.4 cm³/mol. The van der Waals surface area contributed by atoms with Crippen LogP contribution < -0.4 is 10.6 Å². The molecule has 3 N–H and O–H groups in total. The maximum absolute atomic E-state index is 13.2.